The third-order valence-corrected chi connectivity index (χ3v) is 7.22. The maximum atomic E-state index is 12.8. The number of hydrogen-bond donors (Lipinski definition) is 0. The molecule has 2 nitrogen and oxygen atoms in total. The Labute approximate surface area is 164 Å². The van der Waals surface area contributed by atoms with Crippen LogP contribution in [0.15, 0.2) is 54.1 Å². The Morgan fingerprint density at radius 3 is 2.44 bits per heavy atom. The predicted molar refractivity (Wildman–Crippen MR) is 117 cm³/mol. The Kier molecular flexibility index (Phi) is 6.00. The van der Waals surface area contributed by atoms with Gasteiger partial charge in [-0.15, -0.1) is 0 Å². The van der Waals surface area contributed by atoms with Gasteiger partial charge >= 0.3 is 0 Å². The molecule has 27 heavy (non-hydrogen) atoms. The summed E-state index contributed by atoms with van der Waals surface area (Å²) in [5.41, 5.74) is 3.27. The monoisotopic (exact) mass is 378 g/mol. The molecule has 1 aliphatic heterocycles. The maximum absolute atomic E-state index is 12.8. The second-order valence-corrected chi connectivity index (χ2v) is 13.4. The van der Waals surface area contributed by atoms with Gasteiger partial charge < -0.3 is 4.74 Å². The van der Waals surface area contributed by atoms with Crippen LogP contribution in [-0.2, 0) is 0 Å². The molecule has 0 saturated carbocycles. The van der Waals surface area contributed by atoms with E-state index in [1.165, 1.54) is 16.3 Å². The van der Waals surface area contributed by atoms with Gasteiger partial charge in [0.25, 0.3) is 0 Å². The first-order valence-electron chi connectivity index (χ1n) is 9.99. The van der Waals surface area contributed by atoms with Crippen LogP contribution in [0.5, 0.6) is 5.75 Å². The number of ether oxygens (including phenoxy) is 1. The lowest BCUT2D eigenvalue weighted by atomic mass is 9.92. The van der Waals surface area contributed by atoms with Crippen LogP contribution in [0.4, 0.5) is 0 Å². The molecule has 0 N–H and O–H groups in total. The van der Waals surface area contributed by atoms with Crippen molar-refractivity contribution >= 4 is 25.1 Å². The summed E-state index contributed by atoms with van der Waals surface area (Å²) in [7, 11) is -1.47. The number of hydrogen-bond acceptors (Lipinski definition) is 2. The van der Waals surface area contributed by atoms with Crippen LogP contribution < -0.4 is 9.92 Å². The molecule has 0 fully saturated rings. The van der Waals surface area contributed by atoms with Crippen LogP contribution in [0.2, 0.25) is 19.6 Å². The topological polar surface area (TPSA) is 26.3 Å². The van der Waals surface area contributed by atoms with E-state index in [4.69, 9.17) is 4.74 Å². The zero-order chi connectivity index (χ0) is 19.4. The van der Waals surface area contributed by atoms with Crippen LogP contribution in [-0.4, -0.2) is 20.0 Å². The van der Waals surface area contributed by atoms with Crippen molar-refractivity contribution in [3.63, 3.8) is 0 Å². The van der Waals surface area contributed by atoms with E-state index in [0.717, 1.165) is 30.6 Å². The summed E-state index contributed by atoms with van der Waals surface area (Å²) >= 11 is 0. The molecule has 0 spiro atoms. The molecule has 0 amide bonds. The number of unbranched alkanes of at least 4 members (excludes halogenated alkanes) is 1. The van der Waals surface area contributed by atoms with E-state index in [2.05, 4.69) is 44.8 Å². The van der Waals surface area contributed by atoms with Gasteiger partial charge in [0.05, 0.1) is 14.5 Å². The van der Waals surface area contributed by atoms with E-state index in [1.54, 1.807) is 0 Å². The third kappa shape index (κ3) is 4.59. The summed E-state index contributed by atoms with van der Waals surface area (Å²) in [6.07, 6.45) is 5.81. The zero-order valence-electron chi connectivity index (χ0n) is 16.9. The van der Waals surface area contributed by atoms with Gasteiger partial charge in [-0.25, -0.2) is 0 Å². The van der Waals surface area contributed by atoms with E-state index >= 15 is 0 Å². The zero-order valence-corrected chi connectivity index (χ0v) is 17.9. The number of carbonyl (C=O) groups excluding carboxylic acids is 1. The summed E-state index contributed by atoms with van der Waals surface area (Å²) in [5.74, 6) is 1.08. The lowest BCUT2D eigenvalue weighted by Crippen LogP contribution is -2.40. The molecule has 3 heteroatoms. The van der Waals surface area contributed by atoms with Gasteiger partial charge in [0, 0.05) is 11.1 Å². The van der Waals surface area contributed by atoms with Crippen LogP contribution in [0.3, 0.4) is 0 Å². The molecule has 1 aliphatic rings. The molecule has 0 bridgehead atoms. The summed E-state index contributed by atoms with van der Waals surface area (Å²) in [5, 5.41) is 1.43. The van der Waals surface area contributed by atoms with Crippen molar-refractivity contribution in [2.24, 2.45) is 0 Å². The Bertz CT molecular complexity index is 831. The molecule has 142 valence electrons. The minimum atomic E-state index is -1.47. The average Bonchev–Trinajstić information content (AvgIpc) is 2.65. The fraction of sp³-hybridized carbons (Fsp3) is 0.375. The summed E-state index contributed by atoms with van der Waals surface area (Å²) in [6.45, 7) is 9.31. The molecule has 0 saturated heterocycles. The Morgan fingerprint density at radius 2 is 1.78 bits per heavy atom. The summed E-state index contributed by atoms with van der Waals surface area (Å²) in [6, 6.07) is 15.9. The number of fused-ring (bicyclic) bond motifs is 1. The largest absolute Gasteiger partial charge is 0.485 e. The van der Waals surface area contributed by atoms with Gasteiger partial charge in [0.15, 0.2) is 5.78 Å². The molecular formula is C24H30O2Si. The van der Waals surface area contributed by atoms with Gasteiger partial charge in [-0.05, 0) is 35.7 Å². The molecule has 1 heterocycles. The minimum absolute atomic E-state index is 0.146. The number of rotatable bonds is 7. The molecule has 3 rings (SSSR count). The van der Waals surface area contributed by atoms with Gasteiger partial charge in [-0.2, -0.15) is 0 Å². The van der Waals surface area contributed by atoms with Crippen molar-refractivity contribution in [2.45, 2.75) is 58.4 Å². The van der Waals surface area contributed by atoms with Crippen molar-refractivity contribution in [1.29, 1.82) is 0 Å². The molecule has 1 unspecified atom stereocenters. The molecule has 2 aromatic carbocycles. The van der Waals surface area contributed by atoms with Crippen LogP contribution >= 0.6 is 0 Å². The SMILES string of the molecule is CCCCC1=Cc2c(cccc2[Si](C)(C)C)OC1CC(=O)c1ccccc1. The number of Topliss-reactive ketones (excluding diaryl/α,β-unsaturated/α-hetero) is 1. The highest BCUT2D eigenvalue weighted by Crippen LogP contribution is 2.33. The fourth-order valence-electron chi connectivity index (χ4n) is 3.65. The maximum Gasteiger partial charge on any atom is 0.166 e. The lowest BCUT2D eigenvalue weighted by Gasteiger charge is -2.31. The van der Waals surface area contributed by atoms with Crippen molar-refractivity contribution in [3.8, 4) is 5.75 Å². The van der Waals surface area contributed by atoms with Gasteiger partial charge in [0.2, 0.25) is 0 Å². The van der Waals surface area contributed by atoms with Gasteiger partial charge in [-0.3, -0.25) is 4.79 Å². The Hall–Kier alpha value is -2.13. The van der Waals surface area contributed by atoms with E-state index in [0.29, 0.717) is 6.42 Å². The van der Waals surface area contributed by atoms with Crippen LogP contribution in [0.1, 0.15) is 48.5 Å². The van der Waals surface area contributed by atoms with E-state index < -0.39 is 8.07 Å². The van der Waals surface area contributed by atoms with E-state index in [9.17, 15) is 4.79 Å². The standard InChI is InChI=1S/C24H30O2Si/c1-5-6-11-19-16-20-22(14-10-15-24(20)27(2,3)4)26-23(19)17-21(25)18-12-8-7-9-13-18/h7-10,12-16,23H,5-6,11,17H2,1-4H3. The van der Waals surface area contributed by atoms with Crippen molar-refractivity contribution in [1.82, 2.24) is 0 Å². The molecule has 1 atom stereocenters. The molecule has 0 radical (unpaired) electrons. The molecule has 2 aromatic rings. The lowest BCUT2D eigenvalue weighted by molar-refractivity contribution is 0.0926. The predicted octanol–water partition coefficient (Wildman–Crippen LogP) is 5.84. The van der Waals surface area contributed by atoms with Crippen LogP contribution in [0.25, 0.3) is 6.08 Å². The second kappa shape index (κ2) is 8.26. The Morgan fingerprint density at radius 1 is 1.04 bits per heavy atom. The van der Waals surface area contributed by atoms with Gasteiger partial charge in [-0.1, -0.05) is 75.5 Å². The highest BCUT2D eigenvalue weighted by atomic mass is 28.3. The van der Waals surface area contributed by atoms with Crippen molar-refractivity contribution < 1.29 is 9.53 Å². The highest BCUT2D eigenvalue weighted by molar-refractivity contribution is 6.89. The molecule has 0 aliphatic carbocycles. The quantitative estimate of drug-likeness (QED) is 0.447. The summed E-state index contributed by atoms with van der Waals surface area (Å²) < 4.78 is 6.40. The van der Waals surface area contributed by atoms with Crippen molar-refractivity contribution in [2.75, 3.05) is 0 Å². The van der Waals surface area contributed by atoms with Crippen LogP contribution in [0, 0.1) is 0 Å². The number of benzene rings is 2. The molecule has 0 aromatic heterocycles. The average molecular weight is 379 g/mol. The molecular weight excluding hydrogens is 348 g/mol. The Balaban J connectivity index is 1.93. The third-order valence-electron chi connectivity index (χ3n) is 5.17. The highest BCUT2D eigenvalue weighted by Gasteiger charge is 2.29. The second-order valence-electron chi connectivity index (χ2n) is 8.39. The first kappa shape index (κ1) is 19.6. The normalized spacial score (nSPS) is 16.3. The fourth-order valence-corrected chi connectivity index (χ4v) is 5.25. The van der Waals surface area contributed by atoms with E-state index in [1.807, 2.05) is 36.4 Å². The van der Waals surface area contributed by atoms with Crippen molar-refractivity contribution in [3.05, 3.63) is 65.2 Å². The first-order chi connectivity index (χ1) is 12.9. The smallest absolute Gasteiger partial charge is 0.166 e. The van der Waals surface area contributed by atoms with Gasteiger partial charge in [0.1, 0.15) is 11.9 Å². The number of carbonyl (C=O) groups is 1. The van der Waals surface area contributed by atoms with E-state index in [-0.39, 0.29) is 11.9 Å². The number of ketones is 1. The minimum Gasteiger partial charge on any atom is -0.485 e. The first-order valence-corrected chi connectivity index (χ1v) is 13.5. The summed E-state index contributed by atoms with van der Waals surface area (Å²) in [4.78, 5) is 12.8.